The molecule has 0 N–H and O–H groups in total. The van der Waals surface area contributed by atoms with E-state index in [1.807, 2.05) is 0 Å². The summed E-state index contributed by atoms with van der Waals surface area (Å²) in [7, 11) is 0. The van der Waals surface area contributed by atoms with E-state index in [-0.39, 0.29) is 5.41 Å². The second-order valence-corrected chi connectivity index (χ2v) is 6.40. The lowest BCUT2D eigenvalue weighted by atomic mass is 9.79. The van der Waals surface area contributed by atoms with Gasteiger partial charge in [0.05, 0.1) is 10.6 Å². The Bertz CT molecular complexity index is 600. The van der Waals surface area contributed by atoms with Crippen molar-refractivity contribution in [2.75, 3.05) is 19.6 Å². The molecule has 2 nitrogen and oxygen atoms in total. The van der Waals surface area contributed by atoms with E-state index < -0.39 is 0 Å². The average molecular weight is 268 g/mol. The lowest BCUT2D eigenvalue weighted by Gasteiger charge is -2.29. The summed E-state index contributed by atoms with van der Waals surface area (Å²) in [6.45, 7) is 3.48. The molecule has 2 aromatic rings. The summed E-state index contributed by atoms with van der Waals surface area (Å²) in [4.78, 5) is 8.43. The van der Waals surface area contributed by atoms with E-state index in [0.29, 0.717) is 0 Å². The Balaban J connectivity index is 1.70. The van der Waals surface area contributed by atoms with E-state index in [9.17, 15) is 0 Å². The third kappa shape index (κ3) is 1.85. The van der Waals surface area contributed by atoms with E-state index in [2.05, 4.69) is 57.9 Å². The van der Waals surface area contributed by atoms with Gasteiger partial charge in [0, 0.05) is 24.7 Å². The Kier molecular flexibility index (Phi) is 2.57. The zero-order valence-electron chi connectivity index (χ0n) is 10.7. The highest BCUT2D eigenvalue weighted by Gasteiger charge is 2.39. The summed E-state index contributed by atoms with van der Waals surface area (Å²) < 4.78 is 0. The van der Waals surface area contributed by atoms with Crippen molar-refractivity contribution in [1.82, 2.24) is 9.88 Å². The zero-order chi connectivity index (χ0) is 12.7. The molecule has 0 aromatic carbocycles. The molecule has 0 amide bonds. The molecule has 96 valence electrons. The van der Waals surface area contributed by atoms with Gasteiger partial charge in [-0.25, -0.2) is 0 Å². The molecular formula is C16H16N2S. The van der Waals surface area contributed by atoms with Crippen molar-refractivity contribution in [3.63, 3.8) is 0 Å². The number of fused-ring (bicyclic) bond motifs is 2. The van der Waals surface area contributed by atoms with Crippen LogP contribution in [0.25, 0.3) is 10.6 Å². The molecule has 0 spiro atoms. The van der Waals surface area contributed by atoms with E-state index in [1.165, 1.54) is 23.4 Å². The van der Waals surface area contributed by atoms with Crippen LogP contribution < -0.4 is 0 Å². The first-order valence-corrected chi connectivity index (χ1v) is 7.64. The molecule has 2 bridgehead atoms. The molecule has 4 heterocycles. The lowest BCUT2D eigenvalue weighted by molar-refractivity contribution is 0.345. The van der Waals surface area contributed by atoms with Crippen LogP contribution in [0, 0.1) is 0 Å². The van der Waals surface area contributed by atoms with Gasteiger partial charge in [-0.05, 0) is 36.0 Å². The van der Waals surface area contributed by atoms with Crippen LogP contribution in [0.2, 0.25) is 0 Å². The van der Waals surface area contributed by atoms with Crippen LogP contribution in [0.5, 0.6) is 0 Å². The first-order chi connectivity index (χ1) is 9.36. The van der Waals surface area contributed by atoms with E-state index in [0.717, 1.165) is 18.8 Å². The highest BCUT2D eigenvalue weighted by Crippen LogP contribution is 2.38. The molecule has 19 heavy (non-hydrogen) atoms. The summed E-state index contributed by atoms with van der Waals surface area (Å²) in [6.07, 6.45) is 8.01. The molecule has 1 saturated heterocycles. The fourth-order valence-electron chi connectivity index (χ4n) is 3.22. The summed E-state index contributed by atoms with van der Waals surface area (Å²) in [5.41, 5.74) is 2.68. The Morgan fingerprint density at radius 2 is 2.26 bits per heavy atom. The molecule has 0 aliphatic carbocycles. The highest BCUT2D eigenvalue weighted by atomic mass is 32.1. The fraction of sp³-hybridized carbons (Fsp3) is 0.312. The normalized spacial score (nSPS) is 28.7. The van der Waals surface area contributed by atoms with Gasteiger partial charge in [0.15, 0.2) is 0 Å². The van der Waals surface area contributed by atoms with E-state index in [4.69, 9.17) is 0 Å². The van der Waals surface area contributed by atoms with Gasteiger partial charge in [0.2, 0.25) is 0 Å². The van der Waals surface area contributed by atoms with Crippen LogP contribution in [-0.4, -0.2) is 29.5 Å². The maximum absolute atomic E-state index is 4.67. The van der Waals surface area contributed by atoms with Crippen LogP contribution in [0.3, 0.4) is 0 Å². The summed E-state index contributed by atoms with van der Waals surface area (Å²) in [6, 6.07) is 8.64. The number of aromatic nitrogens is 1. The van der Waals surface area contributed by atoms with Gasteiger partial charge in [-0.3, -0.25) is 9.88 Å². The fourth-order valence-corrected chi connectivity index (χ4v) is 3.93. The summed E-state index contributed by atoms with van der Waals surface area (Å²) >= 11 is 1.75. The number of nitrogens with zero attached hydrogens (tertiary/aromatic N) is 2. The van der Waals surface area contributed by atoms with Crippen molar-refractivity contribution in [3.8, 4) is 10.6 Å². The number of hydrogen-bond acceptors (Lipinski definition) is 3. The number of rotatable bonds is 2. The van der Waals surface area contributed by atoms with Gasteiger partial charge in [0.1, 0.15) is 0 Å². The molecule has 2 atom stereocenters. The Morgan fingerprint density at radius 3 is 3.05 bits per heavy atom. The van der Waals surface area contributed by atoms with Crippen LogP contribution in [0.1, 0.15) is 12.0 Å². The molecule has 2 aliphatic rings. The summed E-state index contributed by atoms with van der Waals surface area (Å²) in [5, 5.41) is 2.10. The minimum Gasteiger partial charge on any atom is -0.298 e. The minimum atomic E-state index is 0.221. The first-order valence-electron chi connectivity index (χ1n) is 6.76. The molecule has 2 unspecified atom stereocenters. The maximum Gasteiger partial charge on any atom is 0.0801 e. The van der Waals surface area contributed by atoms with Crippen LogP contribution in [-0.2, 0) is 5.41 Å². The van der Waals surface area contributed by atoms with E-state index in [1.54, 1.807) is 11.3 Å². The largest absolute Gasteiger partial charge is 0.298 e. The monoisotopic (exact) mass is 268 g/mol. The van der Waals surface area contributed by atoms with E-state index >= 15 is 0 Å². The molecule has 2 aromatic heterocycles. The molecular weight excluding hydrogens is 252 g/mol. The van der Waals surface area contributed by atoms with Crippen molar-refractivity contribution in [1.29, 1.82) is 0 Å². The lowest BCUT2D eigenvalue weighted by Crippen LogP contribution is -2.33. The van der Waals surface area contributed by atoms with Gasteiger partial charge in [-0.1, -0.05) is 24.3 Å². The van der Waals surface area contributed by atoms with Crippen molar-refractivity contribution < 1.29 is 0 Å². The standard InChI is InChI=1S/C16H16N2S/c1-3-15(19-10-1)14-5-4-13(11-17-14)16-6-2-8-18(12-16)9-7-16/h1-6,10-11H,7-9,12H2. The third-order valence-electron chi connectivity index (χ3n) is 4.29. The molecule has 0 saturated carbocycles. The first kappa shape index (κ1) is 11.4. The highest BCUT2D eigenvalue weighted by molar-refractivity contribution is 7.13. The predicted molar refractivity (Wildman–Crippen MR) is 79.4 cm³/mol. The van der Waals surface area contributed by atoms with Crippen LogP contribution in [0.15, 0.2) is 48.0 Å². The van der Waals surface area contributed by atoms with Gasteiger partial charge in [-0.15, -0.1) is 11.3 Å². The Labute approximate surface area is 117 Å². The second-order valence-electron chi connectivity index (χ2n) is 5.45. The molecule has 3 heteroatoms. The van der Waals surface area contributed by atoms with Gasteiger partial charge in [-0.2, -0.15) is 0 Å². The molecule has 2 aliphatic heterocycles. The Morgan fingerprint density at radius 1 is 1.26 bits per heavy atom. The number of hydrogen-bond donors (Lipinski definition) is 0. The number of thiophene rings is 1. The minimum absolute atomic E-state index is 0.221. The van der Waals surface area contributed by atoms with Crippen LogP contribution >= 0.6 is 11.3 Å². The predicted octanol–water partition coefficient (Wildman–Crippen LogP) is 3.32. The van der Waals surface area contributed by atoms with Gasteiger partial charge < -0.3 is 0 Å². The quantitative estimate of drug-likeness (QED) is 0.777. The van der Waals surface area contributed by atoms with Gasteiger partial charge >= 0.3 is 0 Å². The van der Waals surface area contributed by atoms with Crippen molar-refractivity contribution in [2.45, 2.75) is 11.8 Å². The topological polar surface area (TPSA) is 16.1 Å². The van der Waals surface area contributed by atoms with Crippen molar-refractivity contribution in [2.24, 2.45) is 0 Å². The summed E-state index contributed by atoms with van der Waals surface area (Å²) in [5.74, 6) is 0. The number of pyridine rings is 1. The van der Waals surface area contributed by atoms with Crippen LogP contribution in [0.4, 0.5) is 0 Å². The average Bonchev–Trinajstić information content (AvgIpc) is 3.09. The third-order valence-corrected chi connectivity index (χ3v) is 5.18. The zero-order valence-corrected chi connectivity index (χ0v) is 11.6. The molecule has 4 rings (SSSR count). The maximum atomic E-state index is 4.67. The molecule has 1 fully saturated rings. The SMILES string of the molecule is C1=CC2(c3ccc(-c4cccs4)nc3)CCN(C1)C2. The van der Waals surface area contributed by atoms with Gasteiger partial charge in [0.25, 0.3) is 0 Å². The van der Waals surface area contributed by atoms with Crippen molar-refractivity contribution in [3.05, 3.63) is 53.6 Å². The Hall–Kier alpha value is -1.45. The molecule has 0 radical (unpaired) electrons. The van der Waals surface area contributed by atoms with Crippen molar-refractivity contribution >= 4 is 11.3 Å². The second kappa shape index (κ2) is 4.29. The smallest absolute Gasteiger partial charge is 0.0801 e.